The molecule has 0 fully saturated rings. The molecule has 0 spiro atoms. The van der Waals surface area contributed by atoms with Crippen molar-refractivity contribution in [3.05, 3.63) is 75.3 Å². The average Bonchev–Trinajstić information content (AvgIpc) is 3.13. The number of hydrogen-bond acceptors (Lipinski definition) is 6. The lowest BCUT2D eigenvalue weighted by molar-refractivity contribution is 0.561. The lowest BCUT2D eigenvalue weighted by atomic mass is 9.90. The lowest BCUT2D eigenvalue weighted by Crippen LogP contribution is -2.23. The third kappa shape index (κ3) is 3.96. The zero-order valence-corrected chi connectivity index (χ0v) is 20.4. The highest BCUT2D eigenvalue weighted by atomic mass is 16.1. The van der Waals surface area contributed by atoms with E-state index in [0.29, 0.717) is 40.6 Å². The van der Waals surface area contributed by atoms with Crippen LogP contribution in [0.1, 0.15) is 44.5 Å². The van der Waals surface area contributed by atoms with Crippen LogP contribution in [0.2, 0.25) is 0 Å². The Labute approximate surface area is 203 Å². The number of aromatic nitrogens is 5. The monoisotopic (exact) mass is 468 g/mol. The first-order chi connectivity index (χ1) is 16.8. The van der Waals surface area contributed by atoms with Crippen LogP contribution in [-0.4, -0.2) is 30.9 Å². The summed E-state index contributed by atoms with van der Waals surface area (Å²) >= 11 is 0. The minimum atomic E-state index is -0.333. The van der Waals surface area contributed by atoms with E-state index in [9.17, 15) is 4.79 Å². The van der Waals surface area contributed by atoms with Crippen molar-refractivity contribution in [1.82, 2.24) is 29.6 Å². The summed E-state index contributed by atoms with van der Waals surface area (Å²) in [7, 11) is 0. The fourth-order valence-corrected chi connectivity index (χ4v) is 4.58. The summed E-state index contributed by atoms with van der Waals surface area (Å²) in [4.78, 5) is 30.7. The van der Waals surface area contributed by atoms with Crippen LogP contribution in [0.3, 0.4) is 0 Å². The molecule has 3 aromatic heterocycles. The van der Waals surface area contributed by atoms with Gasteiger partial charge >= 0.3 is 0 Å². The van der Waals surface area contributed by atoms with E-state index >= 15 is 0 Å². The van der Waals surface area contributed by atoms with E-state index in [-0.39, 0.29) is 11.0 Å². The molecule has 1 aliphatic heterocycles. The molecule has 0 bridgehead atoms. The van der Waals surface area contributed by atoms with E-state index in [1.807, 2.05) is 33.8 Å². The molecule has 1 aromatic carbocycles. The van der Waals surface area contributed by atoms with Gasteiger partial charge in [0.2, 0.25) is 11.6 Å². The number of fused-ring (bicyclic) bond motifs is 2. The van der Waals surface area contributed by atoms with Gasteiger partial charge in [-0.15, -0.1) is 0 Å². The Morgan fingerprint density at radius 1 is 1.20 bits per heavy atom. The Morgan fingerprint density at radius 2 is 2.03 bits per heavy atom. The third-order valence-corrected chi connectivity index (χ3v) is 6.28. The number of nitrogens with zero attached hydrogens (tertiary/aromatic N) is 6. The molecule has 0 amide bonds. The van der Waals surface area contributed by atoms with Gasteiger partial charge < -0.3 is 10.6 Å². The first kappa shape index (κ1) is 22.7. The topological polar surface area (TPSA) is 94.0 Å². The van der Waals surface area contributed by atoms with Crippen LogP contribution in [-0.2, 0) is 24.9 Å². The van der Waals surface area contributed by atoms with Crippen molar-refractivity contribution in [1.29, 1.82) is 0 Å². The van der Waals surface area contributed by atoms with Crippen LogP contribution in [0.5, 0.6) is 0 Å². The predicted molar refractivity (Wildman–Crippen MR) is 137 cm³/mol. The van der Waals surface area contributed by atoms with E-state index in [2.05, 4.69) is 37.6 Å². The zero-order chi connectivity index (χ0) is 24.7. The second kappa shape index (κ2) is 8.64. The molecule has 9 heteroatoms. The Balaban J connectivity index is 1.66. The van der Waals surface area contributed by atoms with Crippen LogP contribution in [0, 0.1) is 6.57 Å². The fourth-order valence-electron chi connectivity index (χ4n) is 4.58. The van der Waals surface area contributed by atoms with Crippen molar-refractivity contribution in [2.45, 2.75) is 52.6 Å². The van der Waals surface area contributed by atoms with Gasteiger partial charge in [0.05, 0.1) is 18.0 Å². The minimum absolute atomic E-state index is 0.194. The molecule has 35 heavy (non-hydrogen) atoms. The first-order valence-electron chi connectivity index (χ1n) is 11.8. The Bertz CT molecular complexity index is 1530. The summed E-state index contributed by atoms with van der Waals surface area (Å²) in [5.41, 5.74) is 5.10. The molecule has 1 aliphatic rings. The van der Waals surface area contributed by atoms with Crippen molar-refractivity contribution in [2.24, 2.45) is 0 Å². The van der Waals surface area contributed by atoms with E-state index in [4.69, 9.17) is 11.6 Å². The van der Waals surface area contributed by atoms with Crippen LogP contribution in [0.15, 0.2) is 41.5 Å². The predicted octanol–water partition coefficient (Wildman–Crippen LogP) is 4.23. The largest absolute Gasteiger partial charge is 0.324 e. The lowest BCUT2D eigenvalue weighted by Gasteiger charge is -2.22. The van der Waals surface area contributed by atoms with Crippen LogP contribution < -0.4 is 16.2 Å². The van der Waals surface area contributed by atoms with Crippen LogP contribution in [0.25, 0.3) is 21.6 Å². The van der Waals surface area contributed by atoms with Crippen LogP contribution >= 0.6 is 0 Å². The Kier molecular flexibility index (Phi) is 5.61. The van der Waals surface area contributed by atoms with Gasteiger partial charge in [0, 0.05) is 31.2 Å². The van der Waals surface area contributed by atoms with Crippen molar-refractivity contribution in [3.8, 4) is 5.69 Å². The second-order valence-corrected chi connectivity index (χ2v) is 9.69. The highest BCUT2D eigenvalue weighted by molar-refractivity contribution is 5.80. The van der Waals surface area contributed by atoms with Crippen molar-refractivity contribution >= 4 is 28.4 Å². The van der Waals surface area contributed by atoms with Gasteiger partial charge in [-0.05, 0) is 54.6 Å². The second-order valence-electron chi connectivity index (χ2n) is 9.69. The molecule has 0 atom stereocenters. The number of hydrogen-bond donors (Lipinski definition) is 2. The molecular formula is C26H28N8O. The van der Waals surface area contributed by atoms with Gasteiger partial charge in [0.25, 0.3) is 5.56 Å². The normalized spacial score (nSPS) is 13.5. The Hall–Kier alpha value is -4.03. The summed E-state index contributed by atoms with van der Waals surface area (Å²) in [5.74, 6) is 0.392. The van der Waals surface area contributed by atoms with E-state index in [1.165, 1.54) is 11.1 Å². The minimum Gasteiger partial charge on any atom is -0.324 e. The summed E-state index contributed by atoms with van der Waals surface area (Å²) in [6.45, 7) is 18.1. The summed E-state index contributed by atoms with van der Waals surface area (Å²) in [6, 6.07) is 8.02. The number of anilines is 2. The fraction of sp³-hybridized carbons (Fsp3) is 0.346. The Morgan fingerprint density at radius 3 is 2.77 bits per heavy atom. The maximum Gasteiger partial charge on any atom is 0.278 e. The van der Waals surface area contributed by atoms with Gasteiger partial charge in [-0.1, -0.05) is 26.8 Å². The maximum absolute atomic E-state index is 13.2. The number of nitrogens with one attached hydrogen (secondary N) is 2. The molecule has 0 radical (unpaired) electrons. The molecule has 0 saturated heterocycles. The average molecular weight is 469 g/mol. The smallest absolute Gasteiger partial charge is 0.278 e. The molecule has 0 unspecified atom stereocenters. The third-order valence-electron chi connectivity index (χ3n) is 6.28. The molecular weight excluding hydrogens is 440 g/mol. The molecule has 4 aromatic rings. The van der Waals surface area contributed by atoms with Crippen molar-refractivity contribution < 1.29 is 0 Å². The summed E-state index contributed by atoms with van der Waals surface area (Å²) < 4.78 is 3.32. The highest BCUT2D eigenvalue weighted by Gasteiger charge is 2.26. The summed E-state index contributed by atoms with van der Waals surface area (Å²) in [6.07, 6.45) is 4.21. The van der Waals surface area contributed by atoms with Gasteiger partial charge in [0.15, 0.2) is 5.65 Å². The molecule has 2 N–H and O–H groups in total. The van der Waals surface area contributed by atoms with Gasteiger partial charge in [0.1, 0.15) is 5.39 Å². The highest BCUT2D eigenvalue weighted by Crippen LogP contribution is 2.35. The zero-order valence-electron chi connectivity index (χ0n) is 20.4. The van der Waals surface area contributed by atoms with Crippen LogP contribution in [0.4, 0.5) is 17.3 Å². The number of benzene rings is 1. The van der Waals surface area contributed by atoms with Gasteiger partial charge in [-0.2, -0.15) is 4.98 Å². The van der Waals surface area contributed by atoms with E-state index in [1.54, 1.807) is 27.8 Å². The first-order valence-corrected chi connectivity index (χ1v) is 11.8. The number of pyridine rings is 1. The summed E-state index contributed by atoms with van der Waals surface area (Å²) in [5, 5.41) is 7.08. The molecule has 0 aliphatic carbocycles. The standard InChI is InChI=1S/C26H28N8O/c1-6-33-24(35)19-15-30-25(31-18-8-7-17-14-28-11-9-16(17)13-18)32-23(19)34(33)20-10-12-29-22(21(20)27-5)26(2,3)4/h7-8,10,12-13,15,28H,6,9,11,14H2,1-4H3,(H,30,31,32). The molecule has 9 nitrogen and oxygen atoms in total. The van der Waals surface area contributed by atoms with E-state index < -0.39 is 0 Å². The molecule has 178 valence electrons. The van der Waals surface area contributed by atoms with E-state index in [0.717, 1.165) is 25.2 Å². The molecule has 4 heterocycles. The van der Waals surface area contributed by atoms with Crippen molar-refractivity contribution in [3.63, 3.8) is 0 Å². The molecule has 0 saturated carbocycles. The SMILES string of the molecule is [C-]#[N+]c1c(-n2c3nc(Nc4ccc5c(c4)CCNC5)ncc3c(=O)n2CC)ccnc1C(C)(C)C. The number of rotatable bonds is 4. The quantitative estimate of drug-likeness (QED) is 0.435. The van der Waals surface area contributed by atoms with Gasteiger partial charge in [-0.25, -0.2) is 19.2 Å². The molecule has 5 rings (SSSR count). The van der Waals surface area contributed by atoms with Gasteiger partial charge in [-0.3, -0.25) is 9.78 Å². The van der Waals surface area contributed by atoms with Crippen molar-refractivity contribution in [2.75, 3.05) is 11.9 Å². The maximum atomic E-state index is 13.2.